The van der Waals surface area contributed by atoms with Crippen LogP contribution in [-0.2, 0) is 0 Å². The Morgan fingerprint density at radius 3 is 2.72 bits per heavy atom. The average Bonchev–Trinajstić information content (AvgIpc) is 3.12. The summed E-state index contributed by atoms with van der Waals surface area (Å²) < 4.78 is 14.1. The van der Waals surface area contributed by atoms with Gasteiger partial charge in [0.25, 0.3) is 5.91 Å². The van der Waals surface area contributed by atoms with Crippen LogP contribution in [0.2, 0.25) is 0 Å². The van der Waals surface area contributed by atoms with Crippen molar-refractivity contribution in [3.8, 4) is 0 Å². The predicted octanol–water partition coefficient (Wildman–Crippen LogP) is 2.19. The van der Waals surface area contributed by atoms with Crippen molar-refractivity contribution < 1.29 is 14.3 Å². The lowest BCUT2D eigenvalue weighted by Crippen LogP contribution is -2.64. The lowest BCUT2D eigenvalue weighted by molar-refractivity contribution is -0.0959. The molecule has 0 unspecified atom stereocenters. The summed E-state index contributed by atoms with van der Waals surface area (Å²) in [6, 6.07) is 4.66. The van der Waals surface area contributed by atoms with Gasteiger partial charge in [-0.2, -0.15) is 0 Å². The largest absolute Gasteiger partial charge is 0.386 e. The van der Waals surface area contributed by atoms with Crippen molar-refractivity contribution in [1.29, 1.82) is 0 Å². The first-order chi connectivity index (χ1) is 8.51. The summed E-state index contributed by atoms with van der Waals surface area (Å²) in [6.45, 7) is 0.644. The highest BCUT2D eigenvalue weighted by atomic mass is 79.9. The summed E-state index contributed by atoms with van der Waals surface area (Å²) in [5.41, 5.74) is -0.666. The zero-order valence-electron chi connectivity index (χ0n) is 9.70. The quantitative estimate of drug-likeness (QED) is 0.909. The number of hydrogen-bond acceptors (Lipinski definition) is 2. The molecule has 1 heterocycles. The average molecular weight is 314 g/mol. The van der Waals surface area contributed by atoms with Gasteiger partial charge in [-0.1, -0.05) is 6.07 Å². The third kappa shape index (κ3) is 1.86. The van der Waals surface area contributed by atoms with Gasteiger partial charge in [-0.25, -0.2) is 4.39 Å². The number of nitrogens with zero attached hydrogens (tertiary/aromatic N) is 1. The highest BCUT2D eigenvalue weighted by Gasteiger charge is 2.53. The minimum atomic E-state index is -0.724. The molecule has 1 aromatic carbocycles. The molecule has 18 heavy (non-hydrogen) atoms. The zero-order valence-corrected chi connectivity index (χ0v) is 11.3. The second-order valence-electron chi connectivity index (χ2n) is 5.14. The number of carbonyl (C=O) groups is 1. The molecule has 5 heteroatoms. The van der Waals surface area contributed by atoms with Crippen LogP contribution in [0.25, 0.3) is 0 Å². The standard InChI is InChI=1S/C13H13BrFNO2/c14-10-3-1-2-9(11(10)15)12(17)16-6-13(18,7-16)8-4-5-8/h1-3,8,18H,4-7H2. The van der Waals surface area contributed by atoms with Gasteiger partial charge < -0.3 is 10.0 Å². The fourth-order valence-electron chi connectivity index (χ4n) is 2.48. The third-order valence-electron chi connectivity index (χ3n) is 3.74. The van der Waals surface area contributed by atoms with Crippen molar-refractivity contribution in [1.82, 2.24) is 4.90 Å². The van der Waals surface area contributed by atoms with Gasteiger partial charge >= 0.3 is 0 Å². The summed E-state index contributed by atoms with van der Waals surface area (Å²) in [5.74, 6) is -0.558. The molecule has 1 aliphatic heterocycles. The number of benzene rings is 1. The van der Waals surface area contributed by atoms with Crippen LogP contribution in [0.15, 0.2) is 22.7 Å². The van der Waals surface area contributed by atoms with Crippen molar-refractivity contribution in [3.63, 3.8) is 0 Å². The van der Waals surface area contributed by atoms with Crippen LogP contribution in [-0.4, -0.2) is 34.6 Å². The molecular formula is C13H13BrFNO2. The maximum atomic E-state index is 13.8. The SMILES string of the molecule is O=C(c1cccc(Br)c1F)N1CC(O)(C2CC2)C1. The maximum Gasteiger partial charge on any atom is 0.257 e. The van der Waals surface area contributed by atoms with Crippen LogP contribution in [0.5, 0.6) is 0 Å². The van der Waals surface area contributed by atoms with E-state index in [0.717, 1.165) is 12.8 Å². The molecule has 1 saturated heterocycles. The molecule has 0 bridgehead atoms. The maximum absolute atomic E-state index is 13.8. The minimum Gasteiger partial charge on any atom is -0.386 e. The van der Waals surface area contributed by atoms with Gasteiger partial charge in [-0.05, 0) is 46.8 Å². The van der Waals surface area contributed by atoms with Gasteiger partial charge in [0.2, 0.25) is 0 Å². The first-order valence-corrected chi connectivity index (χ1v) is 6.76. The molecule has 1 aromatic rings. The Labute approximate surface area is 113 Å². The van der Waals surface area contributed by atoms with Gasteiger partial charge in [0.05, 0.1) is 23.1 Å². The van der Waals surface area contributed by atoms with Crippen molar-refractivity contribution in [2.75, 3.05) is 13.1 Å². The number of aliphatic hydroxyl groups is 1. The number of carbonyl (C=O) groups excluding carboxylic acids is 1. The molecule has 0 radical (unpaired) electrons. The molecule has 0 atom stereocenters. The van der Waals surface area contributed by atoms with Crippen molar-refractivity contribution in [2.45, 2.75) is 18.4 Å². The van der Waals surface area contributed by atoms with Crippen molar-refractivity contribution >= 4 is 21.8 Å². The lowest BCUT2D eigenvalue weighted by atomic mass is 9.88. The van der Waals surface area contributed by atoms with E-state index in [1.165, 1.54) is 11.0 Å². The number of likely N-dealkylation sites (tertiary alicyclic amines) is 1. The molecule has 2 fully saturated rings. The zero-order chi connectivity index (χ0) is 12.9. The predicted molar refractivity (Wildman–Crippen MR) is 67.7 cm³/mol. The molecule has 1 saturated carbocycles. The third-order valence-corrected chi connectivity index (χ3v) is 4.35. The molecule has 1 amide bonds. The second kappa shape index (κ2) is 4.03. The molecule has 0 spiro atoms. The Bertz CT molecular complexity index is 510. The second-order valence-corrected chi connectivity index (χ2v) is 5.99. The van der Waals surface area contributed by atoms with E-state index in [1.807, 2.05) is 0 Å². The van der Waals surface area contributed by atoms with E-state index in [9.17, 15) is 14.3 Å². The molecule has 96 valence electrons. The number of amides is 1. The molecule has 3 rings (SSSR count). The monoisotopic (exact) mass is 313 g/mol. The van der Waals surface area contributed by atoms with Crippen LogP contribution in [0.3, 0.4) is 0 Å². The Hall–Kier alpha value is -0.940. The van der Waals surface area contributed by atoms with E-state index in [1.54, 1.807) is 12.1 Å². The molecule has 1 aliphatic carbocycles. The van der Waals surface area contributed by atoms with Gasteiger partial charge in [0.15, 0.2) is 0 Å². The summed E-state index contributed by atoms with van der Waals surface area (Å²) in [7, 11) is 0. The highest BCUT2D eigenvalue weighted by Crippen LogP contribution is 2.44. The van der Waals surface area contributed by atoms with E-state index in [0.29, 0.717) is 19.0 Å². The summed E-state index contributed by atoms with van der Waals surface area (Å²) in [6.07, 6.45) is 2.06. The smallest absolute Gasteiger partial charge is 0.257 e. The minimum absolute atomic E-state index is 0.0576. The fraction of sp³-hybridized carbons (Fsp3) is 0.462. The number of β-amino-alcohol motifs (C(OH)–C–C–N with tert-alkyl or cyclic N) is 1. The van der Waals surface area contributed by atoms with E-state index >= 15 is 0 Å². The van der Waals surface area contributed by atoms with Crippen LogP contribution in [0, 0.1) is 11.7 Å². The van der Waals surface area contributed by atoms with E-state index < -0.39 is 11.4 Å². The molecule has 2 aliphatic rings. The summed E-state index contributed by atoms with van der Waals surface area (Å²) in [5, 5.41) is 10.1. The fourth-order valence-corrected chi connectivity index (χ4v) is 2.84. The summed E-state index contributed by atoms with van der Waals surface area (Å²) >= 11 is 3.06. The lowest BCUT2D eigenvalue weighted by Gasteiger charge is -2.47. The van der Waals surface area contributed by atoms with Crippen molar-refractivity contribution in [3.05, 3.63) is 34.1 Å². The topological polar surface area (TPSA) is 40.5 Å². The molecular weight excluding hydrogens is 301 g/mol. The van der Waals surface area contributed by atoms with Gasteiger partial charge in [-0.3, -0.25) is 4.79 Å². The Kier molecular flexibility index (Phi) is 2.71. The van der Waals surface area contributed by atoms with Crippen LogP contribution < -0.4 is 0 Å². The van der Waals surface area contributed by atoms with Crippen molar-refractivity contribution in [2.24, 2.45) is 5.92 Å². The highest BCUT2D eigenvalue weighted by molar-refractivity contribution is 9.10. The van der Waals surface area contributed by atoms with Crippen LogP contribution in [0.1, 0.15) is 23.2 Å². The Balaban J connectivity index is 1.74. The van der Waals surface area contributed by atoms with E-state index in [-0.39, 0.29) is 15.9 Å². The van der Waals surface area contributed by atoms with Crippen LogP contribution >= 0.6 is 15.9 Å². The summed E-state index contributed by atoms with van der Waals surface area (Å²) in [4.78, 5) is 13.6. The number of halogens is 2. The first-order valence-electron chi connectivity index (χ1n) is 5.97. The molecule has 3 nitrogen and oxygen atoms in total. The first kappa shape index (κ1) is 12.1. The van der Waals surface area contributed by atoms with E-state index in [2.05, 4.69) is 15.9 Å². The van der Waals surface area contributed by atoms with Gasteiger partial charge in [0.1, 0.15) is 11.4 Å². The van der Waals surface area contributed by atoms with Crippen LogP contribution in [0.4, 0.5) is 4.39 Å². The number of rotatable bonds is 2. The Morgan fingerprint density at radius 2 is 2.11 bits per heavy atom. The van der Waals surface area contributed by atoms with E-state index in [4.69, 9.17) is 0 Å². The Morgan fingerprint density at radius 1 is 1.44 bits per heavy atom. The molecule has 0 aromatic heterocycles. The normalized spacial score (nSPS) is 21.6. The number of hydrogen-bond donors (Lipinski definition) is 1. The van der Waals surface area contributed by atoms with Gasteiger partial charge in [0, 0.05) is 0 Å². The van der Waals surface area contributed by atoms with Gasteiger partial charge in [-0.15, -0.1) is 0 Å². The molecule has 1 N–H and O–H groups in total.